The topological polar surface area (TPSA) is 119 Å². The molecule has 0 spiro atoms. The molecule has 1 aromatic carbocycles. The molecule has 3 aromatic rings. The Hall–Kier alpha value is -3.99. The van der Waals surface area contributed by atoms with Crippen LogP contribution >= 0.6 is 0 Å². The summed E-state index contributed by atoms with van der Waals surface area (Å²) in [4.78, 5) is 4.21. The Labute approximate surface area is 173 Å². The minimum Gasteiger partial charge on any atom is -0.494 e. The van der Waals surface area contributed by atoms with Crippen molar-refractivity contribution in [2.45, 2.75) is 19.8 Å². The number of allylic oxidation sites excluding steroid dienone is 1. The number of pyridine rings is 1. The van der Waals surface area contributed by atoms with E-state index in [-0.39, 0.29) is 5.88 Å². The monoisotopic (exact) mass is 403 g/mol. The van der Waals surface area contributed by atoms with Crippen LogP contribution in [0.2, 0.25) is 0 Å². The van der Waals surface area contributed by atoms with Gasteiger partial charge in [-0.3, -0.25) is 10.1 Å². The lowest BCUT2D eigenvalue weighted by atomic mass is 9.83. The van der Waals surface area contributed by atoms with Crippen molar-refractivity contribution in [2.75, 3.05) is 13.2 Å². The van der Waals surface area contributed by atoms with Gasteiger partial charge >= 0.3 is 0 Å². The highest BCUT2D eigenvalue weighted by Crippen LogP contribution is 2.47. The number of aromatic nitrogens is 3. The zero-order valence-corrected chi connectivity index (χ0v) is 16.7. The van der Waals surface area contributed by atoms with Crippen LogP contribution in [0.4, 0.5) is 0 Å². The number of benzene rings is 1. The molecule has 30 heavy (non-hydrogen) atoms. The fourth-order valence-corrected chi connectivity index (χ4v) is 3.57. The first-order valence-corrected chi connectivity index (χ1v) is 9.63. The molecule has 1 atom stereocenters. The Morgan fingerprint density at radius 1 is 1.23 bits per heavy atom. The number of ether oxygens (including phenoxy) is 3. The molecule has 8 nitrogen and oxygen atoms in total. The summed E-state index contributed by atoms with van der Waals surface area (Å²) < 4.78 is 17.1. The third-order valence-electron chi connectivity index (χ3n) is 4.79. The van der Waals surface area contributed by atoms with E-state index in [0.717, 1.165) is 11.1 Å². The van der Waals surface area contributed by atoms with Gasteiger partial charge in [0.05, 0.1) is 30.4 Å². The Morgan fingerprint density at radius 2 is 2.07 bits per heavy atom. The maximum Gasteiger partial charge on any atom is 0.244 e. The first-order chi connectivity index (χ1) is 14.7. The van der Waals surface area contributed by atoms with Gasteiger partial charge in [-0.25, -0.2) is 0 Å². The summed E-state index contributed by atoms with van der Waals surface area (Å²) in [6.45, 7) is 4.88. The lowest BCUT2D eigenvalue weighted by molar-refractivity contribution is 0.324. The summed E-state index contributed by atoms with van der Waals surface area (Å²) in [7, 11) is 0. The second-order valence-corrected chi connectivity index (χ2v) is 6.55. The van der Waals surface area contributed by atoms with E-state index in [1.165, 1.54) is 0 Å². The van der Waals surface area contributed by atoms with Crippen LogP contribution in [0.25, 0.3) is 11.3 Å². The minimum atomic E-state index is -0.470. The van der Waals surface area contributed by atoms with Crippen molar-refractivity contribution < 1.29 is 14.2 Å². The summed E-state index contributed by atoms with van der Waals surface area (Å²) in [5, 5.41) is 17.1. The summed E-state index contributed by atoms with van der Waals surface area (Å²) in [5.41, 5.74) is 9.33. The first kappa shape index (κ1) is 19.3. The zero-order chi connectivity index (χ0) is 21.1. The minimum absolute atomic E-state index is 0.0358. The number of nitrogens with one attached hydrogen (secondary N) is 1. The molecule has 0 bridgehead atoms. The smallest absolute Gasteiger partial charge is 0.244 e. The highest BCUT2D eigenvalue weighted by Gasteiger charge is 2.36. The molecule has 0 fully saturated rings. The highest BCUT2D eigenvalue weighted by molar-refractivity contribution is 5.76. The van der Waals surface area contributed by atoms with Gasteiger partial charge in [0.15, 0.2) is 0 Å². The van der Waals surface area contributed by atoms with Gasteiger partial charge in [0, 0.05) is 24.0 Å². The van der Waals surface area contributed by atoms with Crippen molar-refractivity contribution in [3.8, 4) is 34.7 Å². The summed E-state index contributed by atoms with van der Waals surface area (Å²) in [6.07, 6.45) is 3.39. The second kappa shape index (κ2) is 8.17. The van der Waals surface area contributed by atoms with Gasteiger partial charge in [0.1, 0.15) is 23.1 Å². The summed E-state index contributed by atoms with van der Waals surface area (Å²) >= 11 is 0. The van der Waals surface area contributed by atoms with Gasteiger partial charge in [-0.15, -0.1) is 5.10 Å². The molecule has 1 aliphatic heterocycles. The first-order valence-electron chi connectivity index (χ1n) is 9.63. The molecule has 2 aromatic heterocycles. The largest absolute Gasteiger partial charge is 0.494 e. The molecule has 0 aliphatic carbocycles. The average Bonchev–Trinajstić information content (AvgIpc) is 3.17. The number of H-pyrrole nitrogens is 1. The molecule has 0 saturated heterocycles. The van der Waals surface area contributed by atoms with E-state index in [0.29, 0.717) is 47.4 Å². The predicted octanol–water partition coefficient (Wildman–Crippen LogP) is 3.49. The van der Waals surface area contributed by atoms with Crippen molar-refractivity contribution in [1.29, 1.82) is 5.26 Å². The van der Waals surface area contributed by atoms with Crippen LogP contribution in [-0.2, 0) is 0 Å². The normalized spacial score (nSPS) is 15.2. The number of aromatic amines is 1. The van der Waals surface area contributed by atoms with E-state index in [4.69, 9.17) is 19.9 Å². The molecule has 152 valence electrons. The number of hydrogen-bond acceptors (Lipinski definition) is 7. The maximum atomic E-state index is 9.79. The number of rotatable bonds is 6. The van der Waals surface area contributed by atoms with E-state index in [9.17, 15) is 5.26 Å². The van der Waals surface area contributed by atoms with Gasteiger partial charge < -0.3 is 19.9 Å². The van der Waals surface area contributed by atoms with Crippen molar-refractivity contribution in [2.24, 2.45) is 5.73 Å². The maximum absolute atomic E-state index is 9.79. The number of nitrogens with two attached hydrogens (primary N) is 1. The molecule has 1 aliphatic rings. The van der Waals surface area contributed by atoms with Gasteiger partial charge in [0.25, 0.3) is 0 Å². The van der Waals surface area contributed by atoms with E-state index in [2.05, 4.69) is 21.3 Å². The lowest BCUT2D eigenvalue weighted by Gasteiger charge is -2.24. The lowest BCUT2D eigenvalue weighted by Crippen LogP contribution is -2.21. The Kier molecular flexibility index (Phi) is 5.26. The molecule has 0 amide bonds. The van der Waals surface area contributed by atoms with Crippen LogP contribution in [0, 0.1) is 11.3 Å². The molecule has 3 N–H and O–H groups in total. The third-order valence-corrected chi connectivity index (χ3v) is 4.79. The Bertz CT molecular complexity index is 1130. The van der Waals surface area contributed by atoms with Crippen LogP contribution in [0.15, 0.2) is 54.2 Å². The van der Waals surface area contributed by atoms with Crippen molar-refractivity contribution in [3.05, 3.63) is 65.3 Å². The number of nitriles is 1. The van der Waals surface area contributed by atoms with Crippen molar-refractivity contribution in [3.63, 3.8) is 0 Å². The van der Waals surface area contributed by atoms with E-state index in [1.807, 2.05) is 44.2 Å². The summed E-state index contributed by atoms with van der Waals surface area (Å²) in [5.74, 6) is 1.24. The second-order valence-electron chi connectivity index (χ2n) is 6.55. The highest BCUT2D eigenvalue weighted by atomic mass is 16.5. The predicted molar refractivity (Wildman–Crippen MR) is 110 cm³/mol. The standard InChI is InChI=1S/C22H21N5O3/c1-3-28-14-7-8-15(17(10-14)29-4-2)20-19-18(13-6-5-9-25-12-13)16(11-23)21(24)30-22(19)27-26-20/h5-10,12,18H,3-4,24H2,1-2H3,(H,26,27). The molecular formula is C22H21N5O3. The summed E-state index contributed by atoms with van der Waals surface area (Å²) in [6, 6.07) is 11.5. The van der Waals surface area contributed by atoms with Crippen molar-refractivity contribution in [1.82, 2.24) is 15.2 Å². The van der Waals surface area contributed by atoms with Crippen LogP contribution in [0.5, 0.6) is 17.4 Å². The third kappa shape index (κ3) is 3.31. The fraction of sp³-hybridized carbons (Fsp3) is 0.227. The van der Waals surface area contributed by atoms with Gasteiger partial charge in [0.2, 0.25) is 11.8 Å². The molecule has 8 heteroatoms. The van der Waals surface area contributed by atoms with E-state index >= 15 is 0 Å². The Balaban J connectivity index is 1.91. The molecule has 4 rings (SSSR count). The molecule has 3 heterocycles. The van der Waals surface area contributed by atoms with Crippen LogP contribution in [-0.4, -0.2) is 28.4 Å². The fourth-order valence-electron chi connectivity index (χ4n) is 3.57. The number of fused-ring (bicyclic) bond motifs is 1. The Morgan fingerprint density at radius 3 is 2.77 bits per heavy atom. The van der Waals surface area contributed by atoms with Gasteiger partial charge in [-0.1, -0.05) is 6.07 Å². The van der Waals surface area contributed by atoms with Crippen LogP contribution in [0.1, 0.15) is 30.9 Å². The number of nitrogens with zero attached hydrogens (tertiary/aromatic N) is 3. The van der Waals surface area contributed by atoms with Gasteiger partial charge in [-0.05, 0) is 37.6 Å². The number of hydrogen-bond donors (Lipinski definition) is 2. The van der Waals surface area contributed by atoms with Crippen LogP contribution in [0.3, 0.4) is 0 Å². The van der Waals surface area contributed by atoms with E-state index < -0.39 is 5.92 Å². The molecule has 0 radical (unpaired) electrons. The van der Waals surface area contributed by atoms with Gasteiger partial charge in [-0.2, -0.15) is 5.26 Å². The van der Waals surface area contributed by atoms with E-state index in [1.54, 1.807) is 12.4 Å². The molecular weight excluding hydrogens is 382 g/mol. The quantitative estimate of drug-likeness (QED) is 0.646. The zero-order valence-electron chi connectivity index (χ0n) is 16.7. The van der Waals surface area contributed by atoms with Crippen molar-refractivity contribution >= 4 is 0 Å². The molecule has 0 saturated carbocycles. The SMILES string of the molecule is CCOc1ccc(-c2[nH]nc3c2C(c2cccnc2)C(C#N)=C(N)O3)c(OCC)c1. The average molecular weight is 403 g/mol. The van der Waals surface area contributed by atoms with Crippen LogP contribution < -0.4 is 19.9 Å². The molecule has 1 unspecified atom stereocenters.